The lowest BCUT2D eigenvalue weighted by Crippen LogP contribution is -2.22. The van der Waals surface area contributed by atoms with Gasteiger partial charge in [0, 0.05) is 24.2 Å². The van der Waals surface area contributed by atoms with E-state index < -0.39 is 0 Å². The van der Waals surface area contributed by atoms with Crippen molar-refractivity contribution in [2.24, 2.45) is 0 Å². The maximum atomic E-state index is 5.70. The second-order valence-electron chi connectivity index (χ2n) is 4.78. The van der Waals surface area contributed by atoms with Crippen LogP contribution in [0.25, 0.3) is 0 Å². The Balaban J connectivity index is 2.30. The molecule has 0 amide bonds. The number of hydrogen-bond donors (Lipinski definition) is 1. The van der Waals surface area contributed by atoms with Gasteiger partial charge in [-0.15, -0.1) is 0 Å². The minimum Gasteiger partial charge on any atom is -0.489 e. The van der Waals surface area contributed by atoms with Crippen molar-refractivity contribution in [1.29, 1.82) is 0 Å². The molecule has 20 heavy (non-hydrogen) atoms. The summed E-state index contributed by atoms with van der Waals surface area (Å²) in [4.78, 5) is 12.4. The molecule has 1 atom stereocenters. The molecule has 2 rings (SSSR count). The van der Waals surface area contributed by atoms with Crippen LogP contribution < -0.4 is 10.1 Å². The SMILES string of the molecule is CCNC(c1cncnc1)c1cncc(OC(C)C)c1. The molecule has 0 saturated heterocycles. The third-order valence-corrected chi connectivity index (χ3v) is 2.76. The summed E-state index contributed by atoms with van der Waals surface area (Å²) in [5, 5.41) is 3.42. The van der Waals surface area contributed by atoms with Gasteiger partial charge < -0.3 is 10.1 Å². The zero-order valence-corrected chi connectivity index (χ0v) is 12.1. The van der Waals surface area contributed by atoms with E-state index in [-0.39, 0.29) is 12.1 Å². The molecule has 0 saturated carbocycles. The lowest BCUT2D eigenvalue weighted by Gasteiger charge is -2.19. The molecule has 0 radical (unpaired) electrons. The Hall–Kier alpha value is -2.01. The van der Waals surface area contributed by atoms with Crippen LogP contribution in [0.3, 0.4) is 0 Å². The van der Waals surface area contributed by atoms with Crippen LogP contribution in [0.15, 0.2) is 37.2 Å². The molecule has 5 heteroatoms. The molecule has 0 aliphatic heterocycles. The molecule has 5 nitrogen and oxygen atoms in total. The van der Waals surface area contributed by atoms with Crippen molar-refractivity contribution in [1.82, 2.24) is 20.3 Å². The topological polar surface area (TPSA) is 59.9 Å². The van der Waals surface area contributed by atoms with Crippen molar-refractivity contribution in [2.45, 2.75) is 32.9 Å². The molecular formula is C15H20N4O. The van der Waals surface area contributed by atoms with Crippen LogP contribution in [0.2, 0.25) is 0 Å². The van der Waals surface area contributed by atoms with Crippen LogP contribution in [0.5, 0.6) is 5.75 Å². The van der Waals surface area contributed by atoms with Gasteiger partial charge in [0.15, 0.2) is 0 Å². The minimum atomic E-state index is 0.0180. The van der Waals surface area contributed by atoms with Crippen molar-refractivity contribution >= 4 is 0 Å². The summed E-state index contributed by atoms with van der Waals surface area (Å²) in [5.41, 5.74) is 2.05. The lowest BCUT2D eigenvalue weighted by molar-refractivity contribution is 0.241. The van der Waals surface area contributed by atoms with Crippen LogP contribution in [0.4, 0.5) is 0 Å². The first kappa shape index (κ1) is 14.4. The van der Waals surface area contributed by atoms with Crippen molar-refractivity contribution in [3.05, 3.63) is 48.3 Å². The van der Waals surface area contributed by atoms with Crippen molar-refractivity contribution < 1.29 is 4.74 Å². The molecule has 1 N–H and O–H groups in total. The van der Waals surface area contributed by atoms with Gasteiger partial charge in [-0.05, 0) is 32.0 Å². The molecule has 2 aromatic heterocycles. The molecule has 0 aliphatic rings. The Kier molecular flexibility index (Phi) is 5.01. The van der Waals surface area contributed by atoms with E-state index in [0.717, 1.165) is 23.4 Å². The summed E-state index contributed by atoms with van der Waals surface area (Å²) in [7, 11) is 0. The second kappa shape index (κ2) is 6.96. The smallest absolute Gasteiger partial charge is 0.138 e. The number of nitrogens with zero attached hydrogens (tertiary/aromatic N) is 3. The van der Waals surface area contributed by atoms with Crippen LogP contribution in [0, 0.1) is 0 Å². The number of hydrogen-bond acceptors (Lipinski definition) is 5. The van der Waals surface area contributed by atoms with E-state index in [1.54, 1.807) is 6.20 Å². The Labute approximate surface area is 119 Å². The van der Waals surface area contributed by atoms with E-state index in [9.17, 15) is 0 Å². The summed E-state index contributed by atoms with van der Waals surface area (Å²) >= 11 is 0. The van der Waals surface area contributed by atoms with Gasteiger partial charge in [0.25, 0.3) is 0 Å². The van der Waals surface area contributed by atoms with Crippen LogP contribution in [-0.4, -0.2) is 27.6 Å². The highest BCUT2D eigenvalue weighted by molar-refractivity contribution is 5.32. The highest BCUT2D eigenvalue weighted by Gasteiger charge is 2.15. The lowest BCUT2D eigenvalue weighted by atomic mass is 10.0. The normalized spacial score (nSPS) is 12.4. The maximum Gasteiger partial charge on any atom is 0.138 e. The Morgan fingerprint density at radius 3 is 2.40 bits per heavy atom. The molecular weight excluding hydrogens is 252 g/mol. The molecule has 106 valence electrons. The molecule has 0 aromatic carbocycles. The highest BCUT2D eigenvalue weighted by Crippen LogP contribution is 2.23. The highest BCUT2D eigenvalue weighted by atomic mass is 16.5. The Morgan fingerprint density at radius 2 is 1.75 bits per heavy atom. The number of nitrogens with one attached hydrogen (secondary N) is 1. The van der Waals surface area contributed by atoms with Gasteiger partial charge in [-0.25, -0.2) is 9.97 Å². The first-order valence-corrected chi connectivity index (χ1v) is 6.80. The first-order valence-electron chi connectivity index (χ1n) is 6.80. The maximum absolute atomic E-state index is 5.70. The monoisotopic (exact) mass is 272 g/mol. The fourth-order valence-corrected chi connectivity index (χ4v) is 2.02. The molecule has 0 spiro atoms. The van der Waals surface area contributed by atoms with E-state index in [0.29, 0.717) is 0 Å². The van der Waals surface area contributed by atoms with E-state index in [4.69, 9.17) is 4.74 Å². The number of aromatic nitrogens is 3. The Morgan fingerprint density at radius 1 is 1.05 bits per heavy atom. The zero-order valence-electron chi connectivity index (χ0n) is 12.1. The molecule has 0 aliphatic carbocycles. The summed E-state index contributed by atoms with van der Waals surface area (Å²) < 4.78 is 5.70. The number of pyridine rings is 1. The van der Waals surface area contributed by atoms with Gasteiger partial charge in [-0.1, -0.05) is 6.92 Å². The van der Waals surface area contributed by atoms with Gasteiger partial charge in [0.2, 0.25) is 0 Å². The molecule has 2 heterocycles. The molecule has 1 unspecified atom stereocenters. The van der Waals surface area contributed by atoms with Crippen LogP contribution in [-0.2, 0) is 0 Å². The van der Waals surface area contributed by atoms with E-state index in [1.807, 2.05) is 38.5 Å². The van der Waals surface area contributed by atoms with Gasteiger partial charge in [-0.3, -0.25) is 4.98 Å². The van der Waals surface area contributed by atoms with Gasteiger partial charge in [0.05, 0.1) is 18.3 Å². The average molecular weight is 272 g/mol. The van der Waals surface area contributed by atoms with Crippen molar-refractivity contribution in [3.63, 3.8) is 0 Å². The molecule has 0 bridgehead atoms. The minimum absolute atomic E-state index is 0.0180. The zero-order chi connectivity index (χ0) is 14.4. The van der Waals surface area contributed by atoms with E-state index >= 15 is 0 Å². The summed E-state index contributed by atoms with van der Waals surface area (Å²) in [6.07, 6.45) is 8.86. The fourth-order valence-electron chi connectivity index (χ4n) is 2.02. The summed E-state index contributed by atoms with van der Waals surface area (Å²) in [5.74, 6) is 0.775. The fraction of sp³-hybridized carbons (Fsp3) is 0.400. The number of ether oxygens (including phenoxy) is 1. The first-order chi connectivity index (χ1) is 9.70. The third-order valence-electron chi connectivity index (χ3n) is 2.76. The third kappa shape index (κ3) is 3.74. The number of rotatable bonds is 6. The summed E-state index contributed by atoms with van der Waals surface area (Å²) in [6.45, 7) is 6.91. The predicted molar refractivity (Wildman–Crippen MR) is 77.6 cm³/mol. The quantitative estimate of drug-likeness (QED) is 0.874. The second-order valence-corrected chi connectivity index (χ2v) is 4.78. The molecule has 2 aromatic rings. The predicted octanol–water partition coefficient (Wildman–Crippen LogP) is 2.36. The van der Waals surface area contributed by atoms with E-state index in [2.05, 4.69) is 27.2 Å². The van der Waals surface area contributed by atoms with Gasteiger partial charge in [0.1, 0.15) is 12.1 Å². The van der Waals surface area contributed by atoms with Crippen LogP contribution >= 0.6 is 0 Å². The van der Waals surface area contributed by atoms with E-state index in [1.165, 1.54) is 6.33 Å². The largest absolute Gasteiger partial charge is 0.489 e. The van der Waals surface area contributed by atoms with Crippen LogP contribution in [0.1, 0.15) is 37.9 Å². The summed E-state index contributed by atoms with van der Waals surface area (Å²) in [6, 6.07) is 2.03. The van der Waals surface area contributed by atoms with Crippen molar-refractivity contribution in [2.75, 3.05) is 6.54 Å². The van der Waals surface area contributed by atoms with Crippen molar-refractivity contribution in [3.8, 4) is 5.75 Å². The standard InChI is InChI=1S/C15H20N4O/c1-4-19-15(13-7-17-10-18-8-13)12-5-14(9-16-6-12)20-11(2)3/h5-11,15,19H,4H2,1-3H3. The van der Waals surface area contributed by atoms with Gasteiger partial charge in [-0.2, -0.15) is 0 Å². The Bertz CT molecular complexity index is 530. The molecule has 0 fully saturated rings. The van der Waals surface area contributed by atoms with Gasteiger partial charge >= 0.3 is 0 Å². The average Bonchev–Trinajstić information content (AvgIpc) is 2.45.